The van der Waals surface area contributed by atoms with Gasteiger partial charge in [-0.1, -0.05) is 48.6 Å². The average molecular weight is 358 g/mol. The lowest BCUT2D eigenvalue weighted by atomic mass is 10.1. The van der Waals surface area contributed by atoms with E-state index in [1.54, 1.807) is 0 Å². The molecule has 0 fully saturated rings. The zero-order valence-electron chi connectivity index (χ0n) is 16.8. The quantitative estimate of drug-likeness (QED) is 0.513. The molecule has 0 bridgehead atoms. The highest BCUT2D eigenvalue weighted by Gasteiger charge is 1.98. The molecule has 0 radical (unpaired) electrons. The van der Waals surface area contributed by atoms with E-state index in [4.69, 9.17) is 0 Å². The Morgan fingerprint density at radius 1 is 0.741 bits per heavy atom. The van der Waals surface area contributed by atoms with Gasteiger partial charge in [0.15, 0.2) is 0 Å². The van der Waals surface area contributed by atoms with E-state index in [-0.39, 0.29) is 0 Å². The summed E-state index contributed by atoms with van der Waals surface area (Å²) in [5, 5.41) is 9.31. The lowest BCUT2D eigenvalue weighted by Gasteiger charge is -2.12. The predicted molar refractivity (Wildman–Crippen MR) is 118 cm³/mol. The fourth-order valence-corrected chi connectivity index (χ4v) is 2.51. The summed E-state index contributed by atoms with van der Waals surface area (Å²) < 4.78 is 0. The molecule has 0 aromatic heterocycles. The topological polar surface area (TPSA) is 30.3 Å². The predicted octanol–water partition coefficient (Wildman–Crippen LogP) is 5.39. The van der Waals surface area contributed by atoms with Crippen LogP contribution < -0.4 is 9.80 Å². The lowest BCUT2D eigenvalue weighted by molar-refractivity contribution is 1.13. The minimum absolute atomic E-state index is 0.692. The van der Waals surface area contributed by atoms with Crippen LogP contribution in [0.25, 0.3) is 12.2 Å². The highest BCUT2D eigenvalue weighted by atomic mass is 15.1. The van der Waals surface area contributed by atoms with Gasteiger partial charge in [-0.2, -0.15) is 5.26 Å². The third-order valence-corrected chi connectivity index (χ3v) is 4.33. The Balaban J connectivity index is 2.19. The molecule has 0 aliphatic heterocycles. The second-order valence-corrected chi connectivity index (χ2v) is 6.83. The second-order valence-electron chi connectivity index (χ2n) is 6.83. The smallest absolute Gasteiger partial charge is 0.0950 e. The van der Waals surface area contributed by atoms with Crippen molar-refractivity contribution in [1.82, 2.24) is 0 Å². The zero-order valence-corrected chi connectivity index (χ0v) is 16.8. The minimum atomic E-state index is 0.692. The number of hydrogen-bond donors (Lipinski definition) is 0. The molecule has 0 unspecified atom stereocenters. The Morgan fingerprint density at radius 2 is 1.11 bits per heavy atom. The Labute approximate surface area is 163 Å². The first kappa shape index (κ1) is 20.1. The maximum absolute atomic E-state index is 9.31. The van der Waals surface area contributed by atoms with E-state index in [2.05, 4.69) is 64.4 Å². The molecular weight excluding hydrogens is 330 g/mol. The number of benzene rings is 2. The fraction of sp³-hybridized carbons (Fsp3) is 0.208. The largest absolute Gasteiger partial charge is 0.378 e. The molecule has 0 spiro atoms. The van der Waals surface area contributed by atoms with Crippen LogP contribution in [0.15, 0.2) is 71.8 Å². The summed E-state index contributed by atoms with van der Waals surface area (Å²) in [7, 11) is 8.10. The van der Waals surface area contributed by atoms with E-state index in [1.807, 2.05) is 59.4 Å². The van der Waals surface area contributed by atoms with E-state index in [9.17, 15) is 5.26 Å². The van der Waals surface area contributed by atoms with Crippen molar-refractivity contribution in [2.45, 2.75) is 6.92 Å². The molecule has 0 saturated heterocycles. The summed E-state index contributed by atoms with van der Waals surface area (Å²) in [6.45, 7) is 1.84. The van der Waals surface area contributed by atoms with Gasteiger partial charge in [-0.25, -0.2) is 0 Å². The summed E-state index contributed by atoms with van der Waals surface area (Å²) in [6, 6.07) is 18.9. The van der Waals surface area contributed by atoms with Crippen LogP contribution in [-0.2, 0) is 0 Å². The first-order valence-corrected chi connectivity index (χ1v) is 8.92. The molecule has 0 N–H and O–H groups in total. The van der Waals surface area contributed by atoms with Crippen LogP contribution in [0.2, 0.25) is 0 Å². The summed E-state index contributed by atoms with van der Waals surface area (Å²) in [5.41, 5.74) is 6.14. The number of rotatable bonds is 6. The van der Waals surface area contributed by atoms with Crippen molar-refractivity contribution in [3.63, 3.8) is 0 Å². The fourth-order valence-electron chi connectivity index (χ4n) is 2.51. The molecule has 0 amide bonds. The average Bonchev–Trinajstić information content (AvgIpc) is 2.68. The van der Waals surface area contributed by atoms with Gasteiger partial charge in [-0.05, 0) is 47.9 Å². The Hall–Kier alpha value is -3.25. The molecule has 0 aliphatic rings. The highest BCUT2D eigenvalue weighted by Crippen LogP contribution is 2.17. The minimum Gasteiger partial charge on any atom is -0.378 e. The number of nitrogens with zero attached hydrogens (tertiary/aromatic N) is 3. The van der Waals surface area contributed by atoms with Crippen LogP contribution in [0.3, 0.4) is 0 Å². The van der Waals surface area contributed by atoms with Gasteiger partial charge in [0, 0.05) is 45.1 Å². The van der Waals surface area contributed by atoms with Crippen LogP contribution in [0, 0.1) is 11.3 Å². The number of allylic oxidation sites excluding steroid dienone is 4. The molecule has 2 rings (SSSR count). The molecule has 2 aromatic rings. The van der Waals surface area contributed by atoms with E-state index in [0.717, 1.165) is 28.1 Å². The lowest BCUT2D eigenvalue weighted by Crippen LogP contribution is -2.07. The normalized spacial score (nSPS) is 10.8. The monoisotopic (exact) mass is 357 g/mol. The van der Waals surface area contributed by atoms with Gasteiger partial charge in [0.25, 0.3) is 0 Å². The Morgan fingerprint density at radius 3 is 1.41 bits per heavy atom. The third-order valence-electron chi connectivity index (χ3n) is 4.33. The van der Waals surface area contributed by atoms with Crippen molar-refractivity contribution in [3.05, 3.63) is 83.0 Å². The highest BCUT2D eigenvalue weighted by molar-refractivity contribution is 5.64. The van der Waals surface area contributed by atoms with Gasteiger partial charge < -0.3 is 9.80 Å². The van der Waals surface area contributed by atoms with Gasteiger partial charge in [-0.3, -0.25) is 0 Å². The summed E-state index contributed by atoms with van der Waals surface area (Å²) in [4.78, 5) is 4.14. The van der Waals surface area contributed by atoms with E-state index in [0.29, 0.717) is 5.57 Å². The van der Waals surface area contributed by atoms with Crippen molar-refractivity contribution in [1.29, 1.82) is 5.26 Å². The van der Waals surface area contributed by atoms with Crippen LogP contribution in [-0.4, -0.2) is 28.2 Å². The number of hydrogen-bond acceptors (Lipinski definition) is 3. The van der Waals surface area contributed by atoms with Gasteiger partial charge in [0.2, 0.25) is 0 Å². The molecule has 3 nitrogen and oxygen atoms in total. The standard InChI is InChI=1S/C24H27N3/c1-19(18-25)22(12-6-20-8-14-23(15-9-20)26(2)3)13-7-21-10-16-24(17-11-21)27(4)5/h6-17H,1-5H3/b12-6+,13-7+. The molecule has 138 valence electrons. The van der Waals surface area contributed by atoms with E-state index < -0.39 is 0 Å². The Bertz CT molecular complexity index is 811. The molecule has 0 saturated carbocycles. The summed E-state index contributed by atoms with van der Waals surface area (Å²) >= 11 is 0. The third kappa shape index (κ3) is 5.90. The van der Waals surface area contributed by atoms with Crippen LogP contribution >= 0.6 is 0 Å². The SMILES string of the molecule is CC(C#N)=C(/C=C/c1ccc(N(C)C)cc1)/C=C/c1ccc(N(C)C)cc1. The van der Waals surface area contributed by atoms with E-state index >= 15 is 0 Å². The van der Waals surface area contributed by atoms with E-state index in [1.165, 1.54) is 0 Å². The second kappa shape index (κ2) is 9.45. The molecule has 0 aliphatic carbocycles. The van der Waals surface area contributed by atoms with Crippen LogP contribution in [0.5, 0.6) is 0 Å². The number of nitriles is 1. The van der Waals surface area contributed by atoms with Crippen molar-refractivity contribution >= 4 is 23.5 Å². The summed E-state index contributed by atoms with van der Waals surface area (Å²) in [6.07, 6.45) is 8.06. The van der Waals surface area contributed by atoms with Crippen LogP contribution in [0.4, 0.5) is 11.4 Å². The van der Waals surface area contributed by atoms with Crippen molar-refractivity contribution in [2.75, 3.05) is 38.0 Å². The molecule has 0 atom stereocenters. The molecule has 0 heterocycles. The van der Waals surface area contributed by atoms with Gasteiger partial charge >= 0.3 is 0 Å². The van der Waals surface area contributed by atoms with Gasteiger partial charge in [0.1, 0.15) is 0 Å². The van der Waals surface area contributed by atoms with Crippen molar-refractivity contribution in [3.8, 4) is 6.07 Å². The summed E-state index contributed by atoms with van der Waals surface area (Å²) in [5.74, 6) is 0. The molecule has 27 heavy (non-hydrogen) atoms. The Kier molecular flexibility index (Phi) is 7.02. The first-order valence-electron chi connectivity index (χ1n) is 8.92. The zero-order chi connectivity index (χ0) is 19.8. The van der Waals surface area contributed by atoms with Crippen LogP contribution in [0.1, 0.15) is 18.1 Å². The maximum Gasteiger partial charge on any atom is 0.0950 e. The van der Waals surface area contributed by atoms with Crippen molar-refractivity contribution < 1.29 is 0 Å². The van der Waals surface area contributed by atoms with Crippen molar-refractivity contribution in [2.24, 2.45) is 0 Å². The molecule has 2 aromatic carbocycles. The first-order chi connectivity index (χ1) is 12.9. The molecule has 3 heteroatoms. The van der Waals surface area contributed by atoms with Gasteiger partial charge in [0.05, 0.1) is 6.07 Å². The van der Waals surface area contributed by atoms with Gasteiger partial charge in [-0.15, -0.1) is 0 Å². The maximum atomic E-state index is 9.31. The molecular formula is C24H27N3. The number of anilines is 2.